The van der Waals surface area contributed by atoms with Crippen molar-refractivity contribution in [1.29, 1.82) is 0 Å². The van der Waals surface area contributed by atoms with Crippen molar-refractivity contribution >= 4 is 18.3 Å². The van der Waals surface area contributed by atoms with E-state index < -0.39 is 0 Å². The summed E-state index contributed by atoms with van der Waals surface area (Å²) in [6, 6.07) is 9.84. The van der Waals surface area contributed by atoms with Crippen molar-refractivity contribution in [2.24, 2.45) is 11.7 Å². The first-order valence-corrected chi connectivity index (χ1v) is 7.39. The van der Waals surface area contributed by atoms with Gasteiger partial charge in [0.05, 0.1) is 6.61 Å². The van der Waals surface area contributed by atoms with E-state index in [9.17, 15) is 4.79 Å². The van der Waals surface area contributed by atoms with Crippen LogP contribution in [0.25, 0.3) is 0 Å². The number of para-hydroxylation sites is 1. The van der Waals surface area contributed by atoms with Crippen LogP contribution in [0.2, 0.25) is 0 Å². The van der Waals surface area contributed by atoms with Crippen LogP contribution in [0.1, 0.15) is 26.2 Å². The molecule has 1 heterocycles. The molecule has 1 aromatic carbocycles. The van der Waals surface area contributed by atoms with Gasteiger partial charge in [0.25, 0.3) is 0 Å². The summed E-state index contributed by atoms with van der Waals surface area (Å²) in [7, 11) is 0. The lowest BCUT2D eigenvalue weighted by molar-refractivity contribution is -0.136. The maximum absolute atomic E-state index is 12.3. The molecule has 4 nitrogen and oxygen atoms in total. The average Bonchev–Trinajstić information content (AvgIpc) is 2.47. The summed E-state index contributed by atoms with van der Waals surface area (Å²) in [6.07, 6.45) is 2.77. The normalized spacial score (nSPS) is 19.5. The van der Waals surface area contributed by atoms with Crippen LogP contribution in [0.4, 0.5) is 0 Å². The van der Waals surface area contributed by atoms with Crippen molar-refractivity contribution in [2.45, 2.75) is 32.2 Å². The average molecular weight is 313 g/mol. The number of likely N-dealkylation sites (tertiary alicyclic amines) is 1. The quantitative estimate of drug-likeness (QED) is 0.908. The number of nitrogens with zero attached hydrogens (tertiary/aromatic N) is 1. The summed E-state index contributed by atoms with van der Waals surface area (Å²) in [5.74, 6) is 1.05. The number of carbonyl (C=O) groups excluding carboxylic acids is 1. The molecule has 0 bridgehead atoms. The summed E-state index contributed by atoms with van der Waals surface area (Å²) in [6.45, 7) is 4.08. The smallest absolute Gasteiger partial charge is 0.225 e. The van der Waals surface area contributed by atoms with Crippen LogP contribution < -0.4 is 10.5 Å². The van der Waals surface area contributed by atoms with Crippen molar-refractivity contribution in [2.75, 3.05) is 19.7 Å². The predicted molar refractivity (Wildman–Crippen MR) is 86.8 cm³/mol. The van der Waals surface area contributed by atoms with E-state index in [0.29, 0.717) is 13.2 Å². The number of amides is 1. The molecule has 1 amide bonds. The third kappa shape index (κ3) is 5.56. The number of benzene rings is 1. The summed E-state index contributed by atoms with van der Waals surface area (Å²) >= 11 is 0. The van der Waals surface area contributed by atoms with Gasteiger partial charge in [-0.15, -0.1) is 12.4 Å². The molecule has 0 spiro atoms. The first-order valence-electron chi connectivity index (χ1n) is 7.39. The van der Waals surface area contributed by atoms with Crippen LogP contribution in [0, 0.1) is 5.92 Å². The Bertz CT molecular complexity index is 428. The molecule has 0 aliphatic carbocycles. The number of halogens is 1. The Morgan fingerprint density at radius 3 is 2.81 bits per heavy atom. The van der Waals surface area contributed by atoms with E-state index >= 15 is 0 Å². The Hall–Kier alpha value is -1.26. The SMILES string of the molecule is CC(CCOc1ccccc1)C(=O)N1CCCC(N)C1.Cl. The summed E-state index contributed by atoms with van der Waals surface area (Å²) in [4.78, 5) is 14.2. The summed E-state index contributed by atoms with van der Waals surface area (Å²) in [5, 5.41) is 0. The van der Waals surface area contributed by atoms with E-state index in [2.05, 4.69) is 0 Å². The summed E-state index contributed by atoms with van der Waals surface area (Å²) in [5.41, 5.74) is 5.92. The van der Waals surface area contributed by atoms with Gasteiger partial charge in [0, 0.05) is 25.0 Å². The zero-order valence-electron chi connectivity index (χ0n) is 12.5. The number of carbonyl (C=O) groups is 1. The molecule has 0 saturated carbocycles. The first-order chi connectivity index (χ1) is 9.66. The minimum absolute atomic E-state index is 0. The lowest BCUT2D eigenvalue weighted by atomic mass is 10.0. The highest BCUT2D eigenvalue weighted by atomic mass is 35.5. The standard InChI is InChI=1S/C16H24N2O2.ClH/c1-13(9-11-20-15-7-3-2-4-8-15)16(19)18-10-5-6-14(17)12-18;/h2-4,7-8,13-14H,5-6,9-12,17H2,1H3;1H. The van der Waals surface area contributed by atoms with Crippen LogP contribution in [-0.4, -0.2) is 36.5 Å². The highest BCUT2D eigenvalue weighted by molar-refractivity contribution is 5.85. The highest BCUT2D eigenvalue weighted by Gasteiger charge is 2.24. The molecule has 1 fully saturated rings. The number of hydrogen-bond acceptors (Lipinski definition) is 3. The molecule has 2 rings (SSSR count). The molecule has 2 N–H and O–H groups in total. The van der Waals surface area contributed by atoms with Gasteiger partial charge in [-0.3, -0.25) is 4.79 Å². The molecule has 1 aliphatic rings. The van der Waals surface area contributed by atoms with Gasteiger partial charge in [0.2, 0.25) is 5.91 Å². The number of piperidine rings is 1. The molecule has 1 aliphatic heterocycles. The Balaban J connectivity index is 0.00000220. The summed E-state index contributed by atoms with van der Waals surface area (Å²) < 4.78 is 5.64. The Morgan fingerprint density at radius 2 is 2.14 bits per heavy atom. The van der Waals surface area contributed by atoms with Crippen molar-refractivity contribution < 1.29 is 9.53 Å². The number of rotatable bonds is 5. The predicted octanol–water partition coefficient (Wildman–Crippen LogP) is 2.46. The van der Waals surface area contributed by atoms with Crippen LogP contribution in [0.3, 0.4) is 0 Å². The fraction of sp³-hybridized carbons (Fsp3) is 0.562. The molecule has 1 aromatic rings. The van der Waals surface area contributed by atoms with E-state index in [1.165, 1.54) is 0 Å². The van der Waals surface area contributed by atoms with Crippen LogP contribution in [-0.2, 0) is 4.79 Å². The highest BCUT2D eigenvalue weighted by Crippen LogP contribution is 2.15. The van der Waals surface area contributed by atoms with E-state index in [-0.39, 0.29) is 30.3 Å². The Morgan fingerprint density at radius 1 is 1.43 bits per heavy atom. The minimum atomic E-state index is -0.0102. The second kappa shape index (κ2) is 8.90. The molecular weight excluding hydrogens is 288 g/mol. The van der Waals surface area contributed by atoms with Crippen LogP contribution >= 0.6 is 12.4 Å². The number of ether oxygens (including phenoxy) is 1. The molecule has 118 valence electrons. The van der Waals surface area contributed by atoms with Crippen molar-refractivity contribution in [1.82, 2.24) is 4.90 Å². The minimum Gasteiger partial charge on any atom is -0.494 e. The third-order valence-corrected chi connectivity index (χ3v) is 3.75. The van der Waals surface area contributed by atoms with Gasteiger partial charge in [-0.05, 0) is 31.4 Å². The van der Waals surface area contributed by atoms with Crippen LogP contribution in [0.5, 0.6) is 5.75 Å². The first kappa shape index (κ1) is 17.8. The van der Waals surface area contributed by atoms with Crippen molar-refractivity contribution in [3.63, 3.8) is 0 Å². The fourth-order valence-electron chi connectivity index (χ4n) is 2.52. The zero-order valence-corrected chi connectivity index (χ0v) is 13.3. The molecule has 0 radical (unpaired) electrons. The molecule has 0 aromatic heterocycles. The van der Waals surface area contributed by atoms with Crippen LogP contribution in [0.15, 0.2) is 30.3 Å². The van der Waals surface area contributed by atoms with E-state index in [1.807, 2.05) is 42.2 Å². The van der Waals surface area contributed by atoms with Gasteiger partial charge in [-0.2, -0.15) is 0 Å². The molecule has 2 unspecified atom stereocenters. The topological polar surface area (TPSA) is 55.6 Å². The van der Waals surface area contributed by atoms with Crippen molar-refractivity contribution in [3.05, 3.63) is 30.3 Å². The zero-order chi connectivity index (χ0) is 14.4. The van der Waals surface area contributed by atoms with Gasteiger partial charge in [0.1, 0.15) is 5.75 Å². The second-order valence-electron chi connectivity index (χ2n) is 5.54. The largest absolute Gasteiger partial charge is 0.494 e. The molecule has 2 atom stereocenters. The van der Waals surface area contributed by atoms with Gasteiger partial charge < -0.3 is 15.4 Å². The second-order valence-corrected chi connectivity index (χ2v) is 5.54. The Kier molecular flexibility index (Phi) is 7.54. The van der Waals surface area contributed by atoms with E-state index in [0.717, 1.165) is 31.6 Å². The molecule has 21 heavy (non-hydrogen) atoms. The third-order valence-electron chi connectivity index (χ3n) is 3.75. The van der Waals surface area contributed by atoms with E-state index in [1.54, 1.807) is 0 Å². The molecular formula is C16H25ClN2O2. The lowest BCUT2D eigenvalue weighted by Crippen LogP contribution is -2.47. The van der Waals surface area contributed by atoms with E-state index in [4.69, 9.17) is 10.5 Å². The number of nitrogens with two attached hydrogens (primary N) is 1. The van der Waals surface area contributed by atoms with Gasteiger partial charge in [-0.25, -0.2) is 0 Å². The maximum Gasteiger partial charge on any atom is 0.225 e. The Labute approximate surface area is 133 Å². The molecule has 1 saturated heterocycles. The van der Waals surface area contributed by atoms with Gasteiger partial charge >= 0.3 is 0 Å². The monoisotopic (exact) mass is 312 g/mol. The molecule has 5 heteroatoms. The maximum atomic E-state index is 12.3. The fourth-order valence-corrected chi connectivity index (χ4v) is 2.52. The van der Waals surface area contributed by atoms with Crippen molar-refractivity contribution in [3.8, 4) is 5.75 Å². The van der Waals surface area contributed by atoms with Gasteiger partial charge in [-0.1, -0.05) is 25.1 Å². The number of hydrogen-bond donors (Lipinski definition) is 1. The van der Waals surface area contributed by atoms with Gasteiger partial charge in [0.15, 0.2) is 0 Å². The lowest BCUT2D eigenvalue weighted by Gasteiger charge is -2.32.